The van der Waals surface area contributed by atoms with Gasteiger partial charge in [0.1, 0.15) is 11.5 Å². The zero-order valence-electron chi connectivity index (χ0n) is 15.6. The van der Waals surface area contributed by atoms with Crippen molar-refractivity contribution in [2.75, 3.05) is 26.6 Å². The molecule has 0 aliphatic rings. The summed E-state index contributed by atoms with van der Waals surface area (Å²) in [5.41, 5.74) is 0.226. The minimum Gasteiger partial charge on any atom is -0.497 e. The minimum absolute atomic E-state index is 0.163. The lowest BCUT2D eigenvalue weighted by atomic mass is 10.2. The Kier molecular flexibility index (Phi) is 5.59. The summed E-state index contributed by atoms with van der Waals surface area (Å²) < 4.78 is 17.1. The number of para-hydroxylation sites is 1. The monoisotopic (exact) mass is 381 g/mol. The van der Waals surface area contributed by atoms with E-state index in [4.69, 9.17) is 14.2 Å². The van der Waals surface area contributed by atoms with Gasteiger partial charge in [0.05, 0.1) is 33.1 Å². The molecule has 0 fully saturated rings. The molecule has 0 radical (unpaired) electrons. The standard InChI is InChI=1S/C20H19N3O5/c1-26-15-9-14(10-16(11-15)27-2)23-18(28-3)12-17(24)19(22-23)20(25)21-13-7-5-4-6-8-13/h4-12H,1-3H3,(H,21,25). The van der Waals surface area contributed by atoms with Crippen molar-refractivity contribution in [2.45, 2.75) is 0 Å². The number of nitrogens with zero attached hydrogens (tertiary/aromatic N) is 2. The second-order valence-electron chi connectivity index (χ2n) is 5.70. The summed E-state index contributed by atoms with van der Waals surface area (Å²) in [6, 6.07) is 15.1. The number of ether oxygens (including phenoxy) is 3. The van der Waals surface area contributed by atoms with Crippen LogP contribution < -0.4 is 25.0 Å². The van der Waals surface area contributed by atoms with Crippen molar-refractivity contribution in [1.82, 2.24) is 9.78 Å². The molecule has 0 saturated heterocycles. The van der Waals surface area contributed by atoms with Gasteiger partial charge in [0.2, 0.25) is 11.3 Å². The Morgan fingerprint density at radius 1 is 0.929 bits per heavy atom. The normalized spacial score (nSPS) is 10.2. The number of amides is 1. The lowest BCUT2D eigenvalue weighted by molar-refractivity contribution is 0.101. The molecule has 144 valence electrons. The molecule has 8 nitrogen and oxygen atoms in total. The van der Waals surface area contributed by atoms with E-state index in [1.807, 2.05) is 6.07 Å². The van der Waals surface area contributed by atoms with Gasteiger partial charge in [-0.15, -0.1) is 0 Å². The zero-order chi connectivity index (χ0) is 20.1. The number of anilines is 1. The number of carbonyl (C=O) groups is 1. The van der Waals surface area contributed by atoms with Gasteiger partial charge in [-0.05, 0) is 12.1 Å². The Morgan fingerprint density at radius 3 is 2.14 bits per heavy atom. The first-order valence-electron chi connectivity index (χ1n) is 8.34. The van der Waals surface area contributed by atoms with Crippen LogP contribution in [0.1, 0.15) is 10.5 Å². The zero-order valence-corrected chi connectivity index (χ0v) is 15.6. The van der Waals surface area contributed by atoms with Crippen LogP contribution in [-0.2, 0) is 0 Å². The number of hydrogen-bond acceptors (Lipinski definition) is 6. The maximum atomic E-state index is 12.6. The Labute approximate surface area is 161 Å². The van der Waals surface area contributed by atoms with Gasteiger partial charge >= 0.3 is 0 Å². The highest BCUT2D eigenvalue weighted by molar-refractivity contribution is 6.02. The van der Waals surface area contributed by atoms with E-state index in [1.165, 1.54) is 32.1 Å². The van der Waals surface area contributed by atoms with E-state index < -0.39 is 11.3 Å². The van der Waals surface area contributed by atoms with E-state index in [2.05, 4.69) is 10.4 Å². The predicted octanol–water partition coefficient (Wildman–Crippen LogP) is 2.51. The van der Waals surface area contributed by atoms with E-state index in [0.29, 0.717) is 22.9 Å². The first-order valence-corrected chi connectivity index (χ1v) is 8.34. The summed E-state index contributed by atoms with van der Waals surface area (Å²) >= 11 is 0. The number of nitrogens with one attached hydrogen (secondary N) is 1. The molecular weight excluding hydrogens is 362 g/mol. The van der Waals surface area contributed by atoms with Gasteiger partial charge in [-0.2, -0.15) is 9.78 Å². The SMILES string of the molecule is COc1cc(OC)cc(-n2nc(C(=O)Nc3ccccc3)c(=O)cc2OC)c1. The third-order valence-electron chi connectivity index (χ3n) is 3.93. The van der Waals surface area contributed by atoms with Crippen LogP contribution in [0.5, 0.6) is 17.4 Å². The van der Waals surface area contributed by atoms with Crippen LogP contribution in [0.25, 0.3) is 5.69 Å². The molecule has 0 atom stereocenters. The Hall–Kier alpha value is -3.81. The van der Waals surface area contributed by atoms with Gasteiger partial charge in [0.25, 0.3) is 5.91 Å². The number of aromatic nitrogens is 2. The highest BCUT2D eigenvalue weighted by atomic mass is 16.5. The largest absolute Gasteiger partial charge is 0.497 e. The number of rotatable bonds is 6. The number of carbonyl (C=O) groups excluding carboxylic acids is 1. The fourth-order valence-electron chi connectivity index (χ4n) is 2.55. The number of hydrogen-bond donors (Lipinski definition) is 1. The second-order valence-corrected chi connectivity index (χ2v) is 5.70. The average Bonchev–Trinajstić information content (AvgIpc) is 2.73. The molecule has 8 heteroatoms. The fourth-order valence-corrected chi connectivity index (χ4v) is 2.55. The highest BCUT2D eigenvalue weighted by Crippen LogP contribution is 2.26. The van der Waals surface area contributed by atoms with Gasteiger partial charge < -0.3 is 19.5 Å². The lowest BCUT2D eigenvalue weighted by Crippen LogP contribution is -2.26. The first-order chi connectivity index (χ1) is 13.5. The minimum atomic E-state index is -0.623. The molecule has 1 aromatic heterocycles. The Morgan fingerprint density at radius 2 is 1.57 bits per heavy atom. The summed E-state index contributed by atoms with van der Waals surface area (Å²) in [4.78, 5) is 25.0. The van der Waals surface area contributed by atoms with E-state index in [0.717, 1.165) is 0 Å². The Bertz CT molecular complexity index is 1030. The highest BCUT2D eigenvalue weighted by Gasteiger charge is 2.18. The molecule has 0 spiro atoms. The van der Waals surface area contributed by atoms with Crippen molar-refractivity contribution in [3.8, 4) is 23.1 Å². The van der Waals surface area contributed by atoms with Gasteiger partial charge in [0, 0.05) is 23.9 Å². The molecule has 0 unspecified atom stereocenters. The van der Waals surface area contributed by atoms with E-state index >= 15 is 0 Å². The van der Waals surface area contributed by atoms with Crippen LogP contribution in [0.15, 0.2) is 59.4 Å². The quantitative estimate of drug-likeness (QED) is 0.705. The summed E-state index contributed by atoms with van der Waals surface area (Å²) in [7, 11) is 4.45. The van der Waals surface area contributed by atoms with Crippen LogP contribution in [-0.4, -0.2) is 37.0 Å². The molecule has 1 heterocycles. The van der Waals surface area contributed by atoms with Crippen molar-refractivity contribution >= 4 is 11.6 Å². The third kappa shape index (κ3) is 3.96. The van der Waals surface area contributed by atoms with E-state index in [1.54, 1.807) is 42.5 Å². The maximum absolute atomic E-state index is 12.6. The number of benzene rings is 2. The summed E-state index contributed by atoms with van der Waals surface area (Å²) in [5, 5.41) is 6.87. The molecule has 2 aromatic carbocycles. The summed E-state index contributed by atoms with van der Waals surface area (Å²) in [6.45, 7) is 0. The van der Waals surface area contributed by atoms with Crippen LogP contribution >= 0.6 is 0 Å². The number of methoxy groups -OCH3 is 3. The predicted molar refractivity (Wildman–Crippen MR) is 104 cm³/mol. The topological polar surface area (TPSA) is 91.7 Å². The van der Waals surface area contributed by atoms with Crippen LogP contribution in [0, 0.1) is 0 Å². The van der Waals surface area contributed by atoms with Crippen LogP contribution in [0.4, 0.5) is 5.69 Å². The van der Waals surface area contributed by atoms with Gasteiger partial charge in [-0.1, -0.05) is 18.2 Å². The van der Waals surface area contributed by atoms with Crippen molar-refractivity contribution in [2.24, 2.45) is 0 Å². The van der Waals surface area contributed by atoms with E-state index in [9.17, 15) is 9.59 Å². The van der Waals surface area contributed by atoms with Crippen molar-refractivity contribution in [3.05, 3.63) is 70.5 Å². The molecule has 28 heavy (non-hydrogen) atoms. The van der Waals surface area contributed by atoms with Gasteiger partial charge in [-0.3, -0.25) is 9.59 Å². The average molecular weight is 381 g/mol. The van der Waals surface area contributed by atoms with Crippen LogP contribution in [0.2, 0.25) is 0 Å². The molecular formula is C20H19N3O5. The van der Waals surface area contributed by atoms with Crippen molar-refractivity contribution in [1.29, 1.82) is 0 Å². The second kappa shape index (κ2) is 8.26. The smallest absolute Gasteiger partial charge is 0.280 e. The fraction of sp³-hybridized carbons (Fsp3) is 0.150. The van der Waals surface area contributed by atoms with Crippen molar-refractivity contribution < 1.29 is 19.0 Å². The van der Waals surface area contributed by atoms with E-state index in [-0.39, 0.29) is 11.6 Å². The third-order valence-corrected chi connectivity index (χ3v) is 3.93. The maximum Gasteiger partial charge on any atom is 0.280 e. The summed E-state index contributed by atoms with van der Waals surface area (Å²) in [5.74, 6) is 0.582. The molecule has 0 aliphatic heterocycles. The van der Waals surface area contributed by atoms with Gasteiger partial charge in [-0.25, -0.2) is 0 Å². The van der Waals surface area contributed by atoms with Crippen LogP contribution in [0.3, 0.4) is 0 Å². The molecule has 0 aliphatic carbocycles. The first kappa shape index (κ1) is 19.0. The molecule has 3 aromatic rings. The van der Waals surface area contributed by atoms with Crippen molar-refractivity contribution in [3.63, 3.8) is 0 Å². The molecule has 3 rings (SSSR count). The Balaban J connectivity index is 2.08. The molecule has 1 N–H and O–H groups in total. The molecule has 0 bridgehead atoms. The molecule has 1 amide bonds. The lowest BCUT2D eigenvalue weighted by Gasteiger charge is -2.14. The van der Waals surface area contributed by atoms with Gasteiger partial charge in [0.15, 0.2) is 5.69 Å². The molecule has 0 saturated carbocycles. The summed E-state index contributed by atoms with van der Waals surface area (Å²) in [6.07, 6.45) is 0.